The quantitative estimate of drug-likeness (QED) is 0.882. The van der Waals surface area contributed by atoms with Crippen molar-refractivity contribution < 1.29 is 9.53 Å². The highest BCUT2D eigenvalue weighted by Crippen LogP contribution is 2.18. The molecule has 0 saturated heterocycles. The van der Waals surface area contributed by atoms with E-state index < -0.39 is 0 Å². The summed E-state index contributed by atoms with van der Waals surface area (Å²) in [7, 11) is 1.59. The topological polar surface area (TPSA) is 51.2 Å². The van der Waals surface area contributed by atoms with E-state index in [2.05, 4.69) is 26.2 Å². The van der Waals surface area contributed by atoms with Crippen molar-refractivity contribution >= 4 is 27.5 Å². The Balaban J connectivity index is 2.15. The Morgan fingerprint density at radius 3 is 2.47 bits per heavy atom. The van der Waals surface area contributed by atoms with E-state index in [4.69, 9.17) is 4.74 Å². The van der Waals surface area contributed by atoms with Crippen LogP contribution in [0, 0.1) is 6.92 Å². The standard InChI is InChI=1S/C14H13BrN2O2/c1-9-12(7-8-13(15)16-9)17-14(18)10-3-5-11(19-2)6-4-10/h3-8H,1-2H3,(H,17,18). The van der Waals surface area contributed by atoms with Gasteiger partial charge >= 0.3 is 0 Å². The van der Waals surface area contributed by atoms with Gasteiger partial charge in [0.2, 0.25) is 0 Å². The lowest BCUT2D eigenvalue weighted by Crippen LogP contribution is -2.13. The van der Waals surface area contributed by atoms with Crippen LogP contribution in [0.15, 0.2) is 41.0 Å². The van der Waals surface area contributed by atoms with Gasteiger partial charge < -0.3 is 10.1 Å². The minimum atomic E-state index is -0.171. The predicted octanol–water partition coefficient (Wildman–Crippen LogP) is 3.41. The van der Waals surface area contributed by atoms with Gasteiger partial charge in [0.1, 0.15) is 10.4 Å². The third-order valence-corrected chi connectivity index (χ3v) is 3.09. The molecule has 0 radical (unpaired) electrons. The largest absolute Gasteiger partial charge is 0.497 e. The molecule has 0 spiro atoms. The molecule has 98 valence electrons. The van der Waals surface area contributed by atoms with Crippen molar-refractivity contribution in [2.24, 2.45) is 0 Å². The van der Waals surface area contributed by atoms with Crippen LogP contribution >= 0.6 is 15.9 Å². The zero-order valence-electron chi connectivity index (χ0n) is 10.6. The van der Waals surface area contributed by atoms with E-state index in [0.29, 0.717) is 11.3 Å². The first-order valence-corrected chi connectivity index (χ1v) is 6.48. The lowest BCUT2D eigenvalue weighted by atomic mass is 10.2. The number of rotatable bonds is 3. The molecule has 4 nitrogen and oxygen atoms in total. The highest BCUT2D eigenvalue weighted by molar-refractivity contribution is 9.10. The fourth-order valence-corrected chi connectivity index (χ4v) is 2.00. The van der Waals surface area contributed by atoms with Gasteiger partial charge in [-0.15, -0.1) is 0 Å². The molecule has 0 fully saturated rings. The molecule has 1 N–H and O–H groups in total. The average Bonchev–Trinajstić information content (AvgIpc) is 2.42. The van der Waals surface area contributed by atoms with Gasteiger partial charge in [-0.25, -0.2) is 4.98 Å². The number of aryl methyl sites for hydroxylation is 1. The zero-order valence-corrected chi connectivity index (χ0v) is 12.2. The third-order valence-electron chi connectivity index (χ3n) is 2.65. The van der Waals surface area contributed by atoms with Gasteiger partial charge in [0.25, 0.3) is 5.91 Å². The number of halogens is 1. The summed E-state index contributed by atoms with van der Waals surface area (Å²) in [6.45, 7) is 1.84. The van der Waals surface area contributed by atoms with Crippen LogP contribution in [0.1, 0.15) is 16.1 Å². The van der Waals surface area contributed by atoms with E-state index in [1.54, 1.807) is 37.4 Å². The molecule has 1 heterocycles. The van der Waals surface area contributed by atoms with E-state index in [-0.39, 0.29) is 5.91 Å². The van der Waals surface area contributed by atoms with E-state index in [1.807, 2.05) is 13.0 Å². The lowest BCUT2D eigenvalue weighted by Gasteiger charge is -2.08. The number of pyridine rings is 1. The Kier molecular flexibility index (Phi) is 4.16. The molecule has 2 rings (SSSR count). The number of hydrogen-bond donors (Lipinski definition) is 1. The SMILES string of the molecule is COc1ccc(C(=O)Nc2ccc(Br)nc2C)cc1. The summed E-state index contributed by atoms with van der Waals surface area (Å²) >= 11 is 3.29. The van der Waals surface area contributed by atoms with Gasteiger partial charge in [0.05, 0.1) is 18.5 Å². The third kappa shape index (κ3) is 3.32. The van der Waals surface area contributed by atoms with Crippen molar-refractivity contribution in [2.75, 3.05) is 12.4 Å². The van der Waals surface area contributed by atoms with Crippen LogP contribution in [-0.4, -0.2) is 18.0 Å². The summed E-state index contributed by atoms with van der Waals surface area (Å²) in [4.78, 5) is 16.3. The lowest BCUT2D eigenvalue weighted by molar-refractivity contribution is 0.102. The molecule has 0 bridgehead atoms. The van der Waals surface area contributed by atoms with Gasteiger partial charge in [-0.2, -0.15) is 0 Å². The Morgan fingerprint density at radius 2 is 1.89 bits per heavy atom. The van der Waals surface area contributed by atoms with Crippen LogP contribution < -0.4 is 10.1 Å². The molecule has 2 aromatic rings. The van der Waals surface area contributed by atoms with Crippen LogP contribution in [0.25, 0.3) is 0 Å². The van der Waals surface area contributed by atoms with E-state index in [0.717, 1.165) is 16.0 Å². The van der Waals surface area contributed by atoms with Gasteiger partial charge in [0.15, 0.2) is 0 Å². The van der Waals surface area contributed by atoms with Gasteiger partial charge in [0, 0.05) is 5.56 Å². The maximum Gasteiger partial charge on any atom is 0.255 e. The Hall–Kier alpha value is -1.88. The molecule has 5 heteroatoms. The highest BCUT2D eigenvalue weighted by atomic mass is 79.9. The number of amides is 1. The second-order valence-electron chi connectivity index (χ2n) is 3.95. The predicted molar refractivity (Wildman–Crippen MR) is 77.6 cm³/mol. The first kappa shape index (κ1) is 13.5. The second kappa shape index (κ2) is 5.84. The van der Waals surface area contributed by atoms with Crippen LogP contribution in [0.5, 0.6) is 5.75 Å². The smallest absolute Gasteiger partial charge is 0.255 e. The van der Waals surface area contributed by atoms with Crippen LogP contribution in [0.2, 0.25) is 0 Å². The van der Waals surface area contributed by atoms with Crippen LogP contribution in [-0.2, 0) is 0 Å². The summed E-state index contributed by atoms with van der Waals surface area (Å²) in [6.07, 6.45) is 0. The highest BCUT2D eigenvalue weighted by Gasteiger charge is 2.08. The normalized spacial score (nSPS) is 10.1. The van der Waals surface area contributed by atoms with Crippen molar-refractivity contribution in [3.8, 4) is 5.75 Å². The maximum absolute atomic E-state index is 12.1. The minimum absolute atomic E-state index is 0.171. The van der Waals surface area contributed by atoms with E-state index in [1.165, 1.54) is 0 Å². The first-order valence-electron chi connectivity index (χ1n) is 5.68. The van der Waals surface area contributed by atoms with E-state index >= 15 is 0 Å². The van der Waals surface area contributed by atoms with Crippen molar-refractivity contribution in [3.05, 3.63) is 52.3 Å². The van der Waals surface area contributed by atoms with Gasteiger partial charge in [-0.3, -0.25) is 4.79 Å². The molecule has 0 aliphatic rings. The second-order valence-corrected chi connectivity index (χ2v) is 4.76. The number of anilines is 1. The first-order chi connectivity index (χ1) is 9.10. The molecule has 0 atom stereocenters. The van der Waals surface area contributed by atoms with Crippen LogP contribution in [0.4, 0.5) is 5.69 Å². The number of aromatic nitrogens is 1. The molecule has 1 amide bonds. The summed E-state index contributed by atoms with van der Waals surface area (Å²) in [5.41, 5.74) is 2.03. The van der Waals surface area contributed by atoms with Gasteiger partial charge in [-0.1, -0.05) is 0 Å². The number of benzene rings is 1. The van der Waals surface area contributed by atoms with Crippen molar-refractivity contribution in [1.82, 2.24) is 4.98 Å². The molecule has 0 saturated carbocycles. The number of nitrogens with one attached hydrogen (secondary N) is 1. The van der Waals surface area contributed by atoms with Crippen LogP contribution in [0.3, 0.4) is 0 Å². The fraction of sp³-hybridized carbons (Fsp3) is 0.143. The number of ether oxygens (including phenoxy) is 1. The summed E-state index contributed by atoms with van der Waals surface area (Å²) in [5, 5.41) is 2.83. The Bertz CT molecular complexity index is 597. The zero-order chi connectivity index (χ0) is 13.8. The van der Waals surface area contributed by atoms with Crippen molar-refractivity contribution in [3.63, 3.8) is 0 Å². The Morgan fingerprint density at radius 1 is 1.21 bits per heavy atom. The average molecular weight is 321 g/mol. The molecular weight excluding hydrogens is 308 g/mol. The molecular formula is C14H13BrN2O2. The molecule has 0 unspecified atom stereocenters. The monoisotopic (exact) mass is 320 g/mol. The summed E-state index contributed by atoms with van der Waals surface area (Å²) in [5.74, 6) is 0.549. The number of hydrogen-bond acceptors (Lipinski definition) is 3. The molecule has 19 heavy (non-hydrogen) atoms. The van der Waals surface area contributed by atoms with Gasteiger partial charge in [-0.05, 0) is 59.3 Å². The molecule has 0 aliphatic carbocycles. The Labute approximate surface area is 119 Å². The molecule has 1 aromatic heterocycles. The number of methoxy groups -OCH3 is 1. The van der Waals surface area contributed by atoms with E-state index in [9.17, 15) is 4.79 Å². The molecule has 1 aromatic carbocycles. The fourth-order valence-electron chi connectivity index (χ4n) is 1.60. The number of nitrogens with zero attached hydrogens (tertiary/aromatic N) is 1. The summed E-state index contributed by atoms with van der Waals surface area (Å²) in [6, 6.07) is 10.5. The van der Waals surface area contributed by atoms with Crippen molar-refractivity contribution in [1.29, 1.82) is 0 Å². The number of carbonyl (C=O) groups excluding carboxylic acids is 1. The van der Waals surface area contributed by atoms with Crippen molar-refractivity contribution in [2.45, 2.75) is 6.92 Å². The summed E-state index contributed by atoms with van der Waals surface area (Å²) < 4.78 is 5.80. The number of carbonyl (C=O) groups is 1. The maximum atomic E-state index is 12.1. The minimum Gasteiger partial charge on any atom is -0.497 e. The molecule has 0 aliphatic heterocycles.